The first-order valence-electron chi connectivity index (χ1n) is 6.22. The Bertz CT molecular complexity index is 798. The zero-order chi connectivity index (χ0) is 14.8. The second-order valence-corrected chi connectivity index (χ2v) is 4.84. The van der Waals surface area contributed by atoms with Crippen LogP contribution in [0.3, 0.4) is 0 Å². The Hall–Kier alpha value is -2.66. The monoisotopic (exact) mass is 298 g/mol. The van der Waals surface area contributed by atoms with Gasteiger partial charge in [0, 0.05) is 5.56 Å². The molecule has 0 bridgehead atoms. The molecule has 0 fully saturated rings. The predicted octanol–water partition coefficient (Wildman–Crippen LogP) is 2.73. The first-order valence-corrected chi connectivity index (χ1v) is 6.60. The maximum absolute atomic E-state index is 12.6. The number of benzene rings is 2. The van der Waals surface area contributed by atoms with Crippen LogP contribution in [0.5, 0.6) is 0 Å². The molecule has 2 aromatic carbocycles. The molecule has 0 radical (unpaired) electrons. The van der Waals surface area contributed by atoms with Crippen LogP contribution in [0.2, 0.25) is 5.02 Å². The summed E-state index contributed by atoms with van der Waals surface area (Å²) in [5.41, 5.74) is 7.65. The number of nitrogen functional groups attached to an aromatic ring is 1. The second-order valence-electron chi connectivity index (χ2n) is 4.43. The predicted molar refractivity (Wildman–Crippen MR) is 80.7 cm³/mol. The van der Waals surface area contributed by atoms with Crippen LogP contribution in [-0.2, 0) is 0 Å². The SMILES string of the molecule is Nc1ccc(C(=O)c2cnnn2-c2ccccc2)cc1Cl. The number of carbonyl (C=O) groups is 1. The lowest BCUT2D eigenvalue weighted by molar-refractivity contribution is 0.103. The van der Waals surface area contributed by atoms with E-state index in [-0.39, 0.29) is 5.78 Å². The Kier molecular flexibility index (Phi) is 3.41. The quantitative estimate of drug-likeness (QED) is 0.596. The Morgan fingerprint density at radius 2 is 1.90 bits per heavy atom. The van der Waals surface area contributed by atoms with Crippen molar-refractivity contribution < 1.29 is 4.79 Å². The summed E-state index contributed by atoms with van der Waals surface area (Å²) >= 11 is 5.96. The maximum atomic E-state index is 12.6. The summed E-state index contributed by atoms with van der Waals surface area (Å²) in [4.78, 5) is 12.6. The van der Waals surface area contributed by atoms with Crippen LogP contribution in [0.4, 0.5) is 5.69 Å². The number of para-hydroxylation sites is 1. The number of hydrogen-bond donors (Lipinski definition) is 1. The maximum Gasteiger partial charge on any atom is 0.213 e. The van der Waals surface area contributed by atoms with Gasteiger partial charge in [-0.15, -0.1) is 5.10 Å². The number of anilines is 1. The van der Waals surface area contributed by atoms with Crippen LogP contribution in [0, 0.1) is 0 Å². The molecular formula is C15H11ClN4O. The van der Waals surface area contributed by atoms with Gasteiger partial charge in [-0.05, 0) is 30.3 Å². The standard InChI is InChI=1S/C15H11ClN4O/c16-12-8-10(6-7-13(12)17)15(21)14-9-18-19-20(14)11-4-2-1-3-5-11/h1-9H,17H2. The summed E-state index contributed by atoms with van der Waals surface area (Å²) in [6.45, 7) is 0. The van der Waals surface area contributed by atoms with Crippen molar-refractivity contribution in [1.82, 2.24) is 15.0 Å². The molecule has 0 aliphatic carbocycles. The minimum atomic E-state index is -0.217. The number of carbonyl (C=O) groups excluding carboxylic acids is 1. The van der Waals surface area contributed by atoms with Crippen LogP contribution in [-0.4, -0.2) is 20.8 Å². The molecule has 0 spiro atoms. The van der Waals surface area contributed by atoms with Gasteiger partial charge in [0.25, 0.3) is 0 Å². The Morgan fingerprint density at radius 1 is 1.14 bits per heavy atom. The summed E-state index contributed by atoms with van der Waals surface area (Å²) in [6, 6.07) is 14.1. The van der Waals surface area contributed by atoms with Gasteiger partial charge in [-0.3, -0.25) is 4.79 Å². The topological polar surface area (TPSA) is 73.8 Å². The molecule has 0 atom stereocenters. The molecule has 104 valence electrons. The van der Waals surface area contributed by atoms with Crippen LogP contribution in [0.1, 0.15) is 16.1 Å². The second kappa shape index (κ2) is 5.38. The van der Waals surface area contributed by atoms with Crippen molar-refractivity contribution in [3.63, 3.8) is 0 Å². The minimum Gasteiger partial charge on any atom is -0.398 e. The molecule has 3 rings (SSSR count). The van der Waals surface area contributed by atoms with E-state index in [4.69, 9.17) is 17.3 Å². The Morgan fingerprint density at radius 3 is 2.62 bits per heavy atom. The van der Waals surface area contributed by atoms with Crippen molar-refractivity contribution in [2.75, 3.05) is 5.73 Å². The van der Waals surface area contributed by atoms with Crippen molar-refractivity contribution >= 4 is 23.1 Å². The summed E-state index contributed by atoms with van der Waals surface area (Å²) in [7, 11) is 0. The van der Waals surface area contributed by atoms with E-state index in [0.29, 0.717) is 22.0 Å². The molecule has 6 heteroatoms. The molecule has 0 aliphatic heterocycles. The van der Waals surface area contributed by atoms with E-state index >= 15 is 0 Å². The zero-order valence-corrected chi connectivity index (χ0v) is 11.7. The van der Waals surface area contributed by atoms with Gasteiger partial charge >= 0.3 is 0 Å². The van der Waals surface area contributed by atoms with E-state index in [0.717, 1.165) is 5.69 Å². The van der Waals surface area contributed by atoms with Crippen LogP contribution >= 0.6 is 11.6 Å². The van der Waals surface area contributed by atoms with E-state index in [1.54, 1.807) is 18.2 Å². The van der Waals surface area contributed by atoms with Gasteiger partial charge in [0.2, 0.25) is 5.78 Å². The molecule has 0 amide bonds. The van der Waals surface area contributed by atoms with Gasteiger partial charge in [-0.1, -0.05) is 35.0 Å². The molecule has 21 heavy (non-hydrogen) atoms. The number of ketones is 1. The zero-order valence-electron chi connectivity index (χ0n) is 10.9. The van der Waals surface area contributed by atoms with Crippen molar-refractivity contribution in [2.45, 2.75) is 0 Å². The molecule has 0 saturated heterocycles. The average Bonchev–Trinajstić information content (AvgIpc) is 2.99. The smallest absolute Gasteiger partial charge is 0.213 e. The largest absolute Gasteiger partial charge is 0.398 e. The fraction of sp³-hybridized carbons (Fsp3) is 0. The summed E-state index contributed by atoms with van der Waals surface area (Å²) in [6.07, 6.45) is 1.43. The van der Waals surface area contributed by atoms with Crippen molar-refractivity contribution in [3.8, 4) is 5.69 Å². The molecular weight excluding hydrogens is 288 g/mol. The summed E-state index contributed by atoms with van der Waals surface area (Å²) in [5, 5.41) is 8.13. The summed E-state index contributed by atoms with van der Waals surface area (Å²) < 4.78 is 1.49. The van der Waals surface area contributed by atoms with Crippen LogP contribution < -0.4 is 5.73 Å². The average molecular weight is 299 g/mol. The molecule has 0 unspecified atom stereocenters. The van der Waals surface area contributed by atoms with Crippen molar-refractivity contribution in [2.24, 2.45) is 0 Å². The molecule has 1 aromatic heterocycles. The third kappa shape index (κ3) is 2.51. The van der Waals surface area contributed by atoms with Crippen LogP contribution in [0.15, 0.2) is 54.7 Å². The van der Waals surface area contributed by atoms with Crippen LogP contribution in [0.25, 0.3) is 5.69 Å². The third-order valence-electron chi connectivity index (χ3n) is 3.05. The van der Waals surface area contributed by atoms with Gasteiger partial charge < -0.3 is 5.73 Å². The van der Waals surface area contributed by atoms with E-state index < -0.39 is 0 Å². The Balaban J connectivity index is 2.03. The number of rotatable bonds is 3. The number of nitrogens with zero attached hydrogens (tertiary/aromatic N) is 3. The lowest BCUT2D eigenvalue weighted by atomic mass is 10.1. The highest BCUT2D eigenvalue weighted by Crippen LogP contribution is 2.22. The van der Waals surface area contributed by atoms with Gasteiger partial charge in [-0.2, -0.15) is 0 Å². The fourth-order valence-electron chi connectivity index (χ4n) is 1.97. The van der Waals surface area contributed by atoms with Gasteiger partial charge in [0.15, 0.2) is 0 Å². The highest BCUT2D eigenvalue weighted by atomic mass is 35.5. The number of aromatic nitrogens is 3. The summed E-state index contributed by atoms with van der Waals surface area (Å²) in [5.74, 6) is -0.217. The lowest BCUT2D eigenvalue weighted by Crippen LogP contribution is -2.10. The Labute approximate surface area is 126 Å². The molecule has 3 aromatic rings. The van der Waals surface area contributed by atoms with Gasteiger partial charge in [0.1, 0.15) is 5.69 Å². The molecule has 5 nitrogen and oxygen atoms in total. The highest BCUT2D eigenvalue weighted by Gasteiger charge is 2.17. The van der Waals surface area contributed by atoms with Gasteiger partial charge in [0.05, 0.1) is 22.6 Å². The van der Waals surface area contributed by atoms with E-state index in [9.17, 15) is 4.79 Å². The molecule has 1 heterocycles. The fourth-order valence-corrected chi connectivity index (χ4v) is 2.15. The van der Waals surface area contributed by atoms with E-state index in [1.165, 1.54) is 10.9 Å². The first-order chi connectivity index (χ1) is 10.2. The first kappa shape index (κ1) is 13.3. The third-order valence-corrected chi connectivity index (χ3v) is 3.37. The minimum absolute atomic E-state index is 0.217. The molecule has 2 N–H and O–H groups in total. The van der Waals surface area contributed by atoms with E-state index in [1.807, 2.05) is 30.3 Å². The van der Waals surface area contributed by atoms with Crippen molar-refractivity contribution in [1.29, 1.82) is 0 Å². The number of nitrogens with two attached hydrogens (primary N) is 1. The number of halogens is 1. The highest BCUT2D eigenvalue weighted by molar-refractivity contribution is 6.33. The molecule has 0 saturated carbocycles. The normalized spacial score (nSPS) is 10.5. The molecule has 0 aliphatic rings. The van der Waals surface area contributed by atoms with E-state index in [2.05, 4.69) is 10.3 Å². The number of hydrogen-bond acceptors (Lipinski definition) is 4. The van der Waals surface area contributed by atoms with Gasteiger partial charge in [-0.25, -0.2) is 4.68 Å². The van der Waals surface area contributed by atoms with Crippen molar-refractivity contribution in [3.05, 3.63) is 71.0 Å². The lowest BCUT2D eigenvalue weighted by Gasteiger charge is -2.06.